The van der Waals surface area contributed by atoms with Gasteiger partial charge in [-0.25, -0.2) is 0 Å². The zero-order valence-corrected chi connectivity index (χ0v) is 16.2. The van der Waals surface area contributed by atoms with Crippen molar-refractivity contribution in [1.82, 2.24) is 0 Å². The molecular weight excluding hydrogens is 484 g/mol. The smallest absolute Gasteiger partial charge is 0.455 e. The van der Waals surface area contributed by atoms with Gasteiger partial charge in [-0.1, -0.05) is 6.07 Å². The Morgan fingerprint density at radius 2 is 2.04 bits per heavy atom. The van der Waals surface area contributed by atoms with E-state index < -0.39 is 23.3 Å². The quantitative estimate of drug-likeness (QED) is 0.204. The molecule has 0 aliphatic carbocycles. The first-order valence-corrected chi connectivity index (χ1v) is 9.17. The number of hydrogen-bond acceptors (Lipinski definition) is 5. The lowest BCUT2D eigenvalue weighted by atomic mass is 10.0. The molecule has 0 bridgehead atoms. The Hall–Kier alpha value is -1.88. The Morgan fingerprint density at radius 1 is 1.35 bits per heavy atom. The molecule has 2 aromatic rings. The number of phenols is 1. The van der Waals surface area contributed by atoms with Crippen LogP contribution in [0.4, 0.5) is 13.2 Å². The van der Waals surface area contributed by atoms with Crippen LogP contribution in [-0.4, -0.2) is 29.5 Å². The number of hydrogen-bond donors (Lipinski definition) is 1. The number of ketones is 2. The molecule has 1 N–H and O–H groups in total. The van der Waals surface area contributed by atoms with Crippen LogP contribution in [0.1, 0.15) is 22.2 Å². The SMILES string of the molecule is CCOc1cc(/C=C(\C(=O)c2cccs2)C(=O)C(F)(F)F)cc(I)c1O. The number of halogens is 4. The van der Waals surface area contributed by atoms with E-state index >= 15 is 0 Å². The standard InChI is InChI=1S/C17H12F3IO4S/c1-2-25-12-8-9(7-11(21)15(12)23)6-10(16(24)17(18,19)20)14(22)13-4-3-5-26-13/h3-8,23H,2H2,1H3/b10-6+. The van der Waals surface area contributed by atoms with E-state index in [0.29, 0.717) is 3.57 Å². The minimum atomic E-state index is -5.19. The van der Waals surface area contributed by atoms with Gasteiger partial charge in [-0.05, 0) is 64.7 Å². The van der Waals surface area contributed by atoms with Gasteiger partial charge in [0.1, 0.15) is 0 Å². The lowest BCUT2D eigenvalue weighted by molar-refractivity contribution is -0.166. The molecule has 2 rings (SSSR count). The van der Waals surface area contributed by atoms with Crippen LogP contribution in [0, 0.1) is 3.57 Å². The molecule has 0 aliphatic heterocycles. The molecule has 0 aliphatic rings. The van der Waals surface area contributed by atoms with Crippen molar-refractivity contribution >= 4 is 51.6 Å². The van der Waals surface area contributed by atoms with Crippen LogP contribution in [0.25, 0.3) is 6.08 Å². The van der Waals surface area contributed by atoms with Crippen LogP contribution in [0.2, 0.25) is 0 Å². The summed E-state index contributed by atoms with van der Waals surface area (Å²) >= 11 is 2.71. The molecule has 0 fully saturated rings. The predicted octanol–water partition coefficient (Wildman–Crippen LogP) is 4.85. The second-order valence-corrected chi connectivity index (χ2v) is 7.08. The van der Waals surface area contributed by atoms with Crippen molar-refractivity contribution < 1.29 is 32.6 Å². The molecule has 0 radical (unpaired) electrons. The van der Waals surface area contributed by atoms with E-state index in [-0.39, 0.29) is 28.5 Å². The zero-order chi connectivity index (χ0) is 19.5. The third kappa shape index (κ3) is 4.64. The van der Waals surface area contributed by atoms with Crippen molar-refractivity contribution in [2.45, 2.75) is 13.1 Å². The largest absolute Gasteiger partial charge is 0.504 e. The molecule has 0 saturated heterocycles. The fourth-order valence-electron chi connectivity index (χ4n) is 2.04. The summed E-state index contributed by atoms with van der Waals surface area (Å²) in [5.74, 6) is -3.36. The third-order valence-corrected chi connectivity index (χ3v) is 4.84. The Kier molecular flexibility index (Phi) is 6.45. The number of phenolic OH excluding ortho intramolecular Hbond substituents is 1. The minimum absolute atomic E-state index is 0.0207. The highest BCUT2D eigenvalue weighted by Gasteiger charge is 2.43. The molecule has 0 saturated carbocycles. The molecule has 1 heterocycles. The van der Waals surface area contributed by atoms with Crippen LogP contribution >= 0.6 is 33.9 Å². The van der Waals surface area contributed by atoms with Crippen molar-refractivity contribution in [2.24, 2.45) is 0 Å². The van der Waals surface area contributed by atoms with E-state index in [4.69, 9.17) is 4.74 Å². The molecule has 0 spiro atoms. The zero-order valence-electron chi connectivity index (χ0n) is 13.3. The molecule has 0 unspecified atom stereocenters. The molecular formula is C17H12F3IO4S. The summed E-state index contributed by atoms with van der Waals surface area (Å²) in [6.07, 6.45) is -4.33. The second kappa shape index (κ2) is 8.21. The third-order valence-electron chi connectivity index (χ3n) is 3.15. The normalized spacial score (nSPS) is 12.1. The summed E-state index contributed by atoms with van der Waals surface area (Å²) in [4.78, 5) is 24.2. The first-order chi connectivity index (χ1) is 12.1. The number of carbonyl (C=O) groups excluding carboxylic acids is 2. The summed E-state index contributed by atoms with van der Waals surface area (Å²) in [6.45, 7) is 1.90. The molecule has 26 heavy (non-hydrogen) atoms. The van der Waals surface area contributed by atoms with Gasteiger partial charge in [0.2, 0.25) is 5.78 Å². The summed E-state index contributed by atoms with van der Waals surface area (Å²) < 4.78 is 44.4. The van der Waals surface area contributed by atoms with E-state index in [1.165, 1.54) is 29.6 Å². The summed E-state index contributed by atoms with van der Waals surface area (Å²) in [7, 11) is 0. The van der Waals surface area contributed by atoms with Crippen molar-refractivity contribution in [3.05, 3.63) is 49.2 Å². The van der Waals surface area contributed by atoms with Gasteiger partial charge < -0.3 is 9.84 Å². The van der Waals surface area contributed by atoms with Gasteiger partial charge in [0, 0.05) is 0 Å². The summed E-state index contributed by atoms with van der Waals surface area (Å²) in [6, 6.07) is 5.47. The summed E-state index contributed by atoms with van der Waals surface area (Å²) in [5.41, 5.74) is -0.864. The number of aromatic hydroxyl groups is 1. The number of benzene rings is 1. The second-order valence-electron chi connectivity index (χ2n) is 4.97. The number of rotatable bonds is 6. The van der Waals surface area contributed by atoms with Gasteiger partial charge in [-0.2, -0.15) is 13.2 Å². The van der Waals surface area contributed by atoms with Gasteiger partial charge in [0.15, 0.2) is 11.5 Å². The molecule has 9 heteroatoms. The monoisotopic (exact) mass is 496 g/mol. The number of Topliss-reactive ketones (excluding diaryl/α,β-unsaturated/α-hetero) is 2. The maximum atomic E-state index is 12.9. The van der Waals surface area contributed by atoms with Crippen molar-refractivity contribution in [2.75, 3.05) is 6.61 Å². The highest BCUT2D eigenvalue weighted by molar-refractivity contribution is 14.1. The Bertz CT molecular complexity index is 858. The maximum Gasteiger partial charge on any atom is 0.455 e. The van der Waals surface area contributed by atoms with E-state index in [9.17, 15) is 27.9 Å². The number of carbonyl (C=O) groups is 2. The number of allylic oxidation sites excluding steroid dienone is 1. The van der Waals surface area contributed by atoms with Crippen LogP contribution < -0.4 is 4.74 Å². The molecule has 0 atom stereocenters. The first kappa shape index (κ1) is 20.4. The fourth-order valence-corrected chi connectivity index (χ4v) is 3.34. The minimum Gasteiger partial charge on any atom is -0.504 e. The van der Waals surface area contributed by atoms with Crippen LogP contribution in [0.5, 0.6) is 11.5 Å². The topological polar surface area (TPSA) is 63.6 Å². The molecule has 1 aromatic heterocycles. The molecule has 4 nitrogen and oxygen atoms in total. The first-order valence-electron chi connectivity index (χ1n) is 7.21. The average molecular weight is 496 g/mol. The van der Waals surface area contributed by atoms with Crippen LogP contribution in [0.3, 0.4) is 0 Å². The van der Waals surface area contributed by atoms with Crippen LogP contribution in [0.15, 0.2) is 35.2 Å². The van der Waals surface area contributed by atoms with Crippen molar-refractivity contribution in [3.8, 4) is 11.5 Å². The van der Waals surface area contributed by atoms with Crippen molar-refractivity contribution in [3.63, 3.8) is 0 Å². The number of thiophene rings is 1. The summed E-state index contributed by atoms with van der Waals surface area (Å²) in [5, 5.41) is 11.4. The van der Waals surface area contributed by atoms with Gasteiger partial charge in [0.25, 0.3) is 5.78 Å². The lowest BCUT2D eigenvalue weighted by Crippen LogP contribution is -2.28. The van der Waals surface area contributed by atoms with E-state index in [2.05, 4.69) is 0 Å². The lowest BCUT2D eigenvalue weighted by Gasteiger charge is -2.11. The number of ether oxygens (including phenoxy) is 1. The van der Waals surface area contributed by atoms with Crippen molar-refractivity contribution in [1.29, 1.82) is 0 Å². The Morgan fingerprint density at radius 3 is 2.58 bits per heavy atom. The van der Waals surface area contributed by atoms with E-state index in [0.717, 1.165) is 17.4 Å². The van der Waals surface area contributed by atoms with Gasteiger partial charge in [-0.15, -0.1) is 11.3 Å². The van der Waals surface area contributed by atoms with Crippen LogP contribution in [-0.2, 0) is 4.79 Å². The van der Waals surface area contributed by atoms with E-state index in [1.807, 2.05) is 0 Å². The Labute approximate surface area is 164 Å². The Balaban J connectivity index is 2.58. The highest BCUT2D eigenvalue weighted by atomic mass is 127. The fraction of sp³-hybridized carbons (Fsp3) is 0.176. The highest BCUT2D eigenvalue weighted by Crippen LogP contribution is 2.34. The predicted molar refractivity (Wildman–Crippen MR) is 99.7 cm³/mol. The number of alkyl halides is 3. The molecule has 1 aromatic carbocycles. The average Bonchev–Trinajstić information content (AvgIpc) is 3.09. The molecule has 0 amide bonds. The molecule has 138 valence electrons. The van der Waals surface area contributed by atoms with Gasteiger partial charge in [0.05, 0.1) is 20.6 Å². The maximum absolute atomic E-state index is 12.9. The van der Waals surface area contributed by atoms with Gasteiger partial charge in [-0.3, -0.25) is 9.59 Å². The van der Waals surface area contributed by atoms with Gasteiger partial charge >= 0.3 is 6.18 Å². The van der Waals surface area contributed by atoms with E-state index in [1.54, 1.807) is 29.5 Å².